The molecule has 2 rings (SSSR count). The number of nitrogens with one attached hydrogen (secondary N) is 1. The molecule has 1 aliphatic carbocycles. The first-order valence-electron chi connectivity index (χ1n) is 6.49. The number of hydrogen-bond donors (Lipinski definition) is 3. The number of nitrogens with two attached hydrogens (primary N) is 1. The van der Waals surface area contributed by atoms with Crippen LogP contribution in [0.1, 0.15) is 32.1 Å². The average molecular weight is 265 g/mol. The maximum absolute atomic E-state index is 10.8. The second kappa shape index (κ2) is 5.44. The Hall–Kier alpha value is -1.82. The van der Waals surface area contributed by atoms with Crippen LogP contribution in [0.25, 0.3) is 0 Å². The molecule has 0 atom stereocenters. The largest absolute Gasteiger partial charge is 0.398 e. The number of nitrogen functional groups attached to an aromatic ring is 1. The van der Waals surface area contributed by atoms with Gasteiger partial charge >= 0.3 is 0 Å². The number of nitro benzene ring substituents is 1. The number of aliphatic hydroxyl groups is 1. The van der Waals surface area contributed by atoms with E-state index in [1.54, 1.807) is 6.07 Å². The fraction of sp³-hybridized carbons (Fsp3) is 0.538. The first kappa shape index (κ1) is 13.6. The van der Waals surface area contributed by atoms with E-state index in [1.807, 2.05) is 0 Å². The molecule has 1 aliphatic rings. The summed E-state index contributed by atoms with van der Waals surface area (Å²) in [5.41, 5.74) is 6.22. The molecule has 0 spiro atoms. The molecule has 6 nitrogen and oxygen atoms in total. The van der Waals surface area contributed by atoms with Crippen molar-refractivity contribution in [1.29, 1.82) is 0 Å². The van der Waals surface area contributed by atoms with Crippen LogP contribution in [-0.2, 0) is 0 Å². The Labute approximate surface area is 111 Å². The Kier molecular flexibility index (Phi) is 3.90. The first-order chi connectivity index (χ1) is 9.04. The third kappa shape index (κ3) is 3.14. The summed E-state index contributed by atoms with van der Waals surface area (Å²) >= 11 is 0. The van der Waals surface area contributed by atoms with Crippen molar-refractivity contribution in [3.63, 3.8) is 0 Å². The highest BCUT2D eigenvalue weighted by Gasteiger charge is 2.31. The molecule has 104 valence electrons. The van der Waals surface area contributed by atoms with Crippen LogP contribution in [0, 0.1) is 10.1 Å². The standard InChI is InChI=1S/C13H19N3O3/c14-10-6-11(8-12(7-10)16(18)19)15-13(9-17)4-2-1-3-5-13/h6-8,15,17H,1-5,9,14H2. The molecule has 1 aromatic carbocycles. The van der Waals surface area contributed by atoms with Gasteiger partial charge in [0.15, 0.2) is 0 Å². The molecule has 4 N–H and O–H groups in total. The third-order valence-electron chi connectivity index (χ3n) is 3.67. The number of non-ortho nitro benzene ring substituents is 1. The molecule has 0 radical (unpaired) electrons. The number of nitrogens with zero attached hydrogens (tertiary/aromatic N) is 1. The molecular formula is C13H19N3O3. The van der Waals surface area contributed by atoms with Gasteiger partial charge in [-0.2, -0.15) is 0 Å². The average Bonchev–Trinajstić information content (AvgIpc) is 2.39. The van der Waals surface area contributed by atoms with Crippen molar-refractivity contribution < 1.29 is 10.0 Å². The number of aliphatic hydroxyl groups excluding tert-OH is 1. The lowest BCUT2D eigenvalue weighted by atomic mass is 9.82. The van der Waals surface area contributed by atoms with Crippen molar-refractivity contribution >= 4 is 17.1 Å². The fourth-order valence-electron chi connectivity index (χ4n) is 2.67. The highest BCUT2D eigenvalue weighted by Crippen LogP contribution is 2.33. The van der Waals surface area contributed by atoms with Crippen LogP contribution in [-0.4, -0.2) is 22.2 Å². The smallest absolute Gasteiger partial charge is 0.273 e. The summed E-state index contributed by atoms with van der Waals surface area (Å²) in [7, 11) is 0. The molecule has 19 heavy (non-hydrogen) atoms. The minimum absolute atomic E-state index is 0.0234. The summed E-state index contributed by atoms with van der Waals surface area (Å²) in [5, 5.41) is 23.7. The zero-order chi connectivity index (χ0) is 13.9. The van der Waals surface area contributed by atoms with Crippen molar-refractivity contribution in [2.45, 2.75) is 37.6 Å². The van der Waals surface area contributed by atoms with Gasteiger partial charge in [-0.05, 0) is 18.9 Å². The van der Waals surface area contributed by atoms with Gasteiger partial charge in [-0.3, -0.25) is 10.1 Å². The Balaban J connectivity index is 2.23. The molecule has 0 amide bonds. The van der Waals surface area contributed by atoms with E-state index in [9.17, 15) is 15.2 Å². The van der Waals surface area contributed by atoms with Crippen LogP contribution >= 0.6 is 0 Å². The second-order valence-corrected chi connectivity index (χ2v) is 5.19. The van der Waals surface area contributed by atoms with E-state index >= 15 is 0 Å². The summed E-state index contributed by atoms with van der Waals surface area (Å²) in [5.74, 6) is 0. The van der Waals surface area contributed by atoms with E-state index < -0.39 is 4.92 Å². The maximum Gasteiger partial charge on any atom is 0.273 e. The van der Waals surface area contributed by atoms with Gasteiger partial charge in [-0.15, -0.1) is 0 Å². The molecule has 1 saturated carbocycles. The predicted octanol–water partition coefficient (Wildman–Crippen LogP) is 2.28. The molecule has 1 fully saturated rings. The van der Waals surface area contributed by atoms with E-state index in [0.717, 1.165) is 25.7 Å². The van der Waals surface area contributed by atoms with Crippen molar-refractivity contribution in [3.8, 4) is 0 Å². The lowest BCUT2D eigenvalue weighted by molar-refractivity contribution is -0.384. The van der Waals surface area contributed by atoms with Crippen LogP contribution in [0.3, 0.4) is 0 Å². The molecule has 0 heterocycles. The van der Waals surface area contributed by atoms with Gasteiger partial charge in [0.1, 0.15) is 0 Å². The lowest BCUT2D eigenvalue weighted by Gasteiger charge is -2.37. The third-order valence-corrected chi connectivity index (χ3v) is 3.67. The van der Waals surface area contributed by atoms with Gasteiger partial charge in [-0.1, -0.05) is 19.3 Å². The molecule has 6 heteroatoms. The van der Waals surface area contributed by atoms with Gasteiger partial charge in [0.25, 0.3) is 5.69 Å². The summed E-state index contributed by atoms with van der Waals surface area (Å²) in [6.45, 7) is 0.0234. The van der Waals surface area contributed by atoms with Gasteiger partial charge in [0, 0.05) is 23.5 Å². The highest BCUT2D eigenvalue weighted by atomic mass is 16.6. The number of benzene rings is 1. The number of rotatable bonds is 4. The number of nitro groups is 1. The van der Waals surface area contributed by atoms with Crippen LogP contribution in [0.5, 0.6) is 0 Å². The second-order valence-electron chi connectivity index (χ2n) is 5.19. The summed E-state index contributed by atoms with van der Waals surface area (Å²) < 4.78 is 0. The Morgan fingerprint density at radius 2 is 2.00 bits per heavy atom. The van der Waals surface area contributed by atoms with Gasteiger partial charge in [0.2, 0.25) is 0 Å². The molecule has 0 aromatic heterocycles. The predicted molar refractivity (Wildman–Crippen MR) is 74.0 cm³/mol. The van der Waals surface area contributed by atoms with E-state index in [4.69, 9.17) is 5.73 Å². The van der Waals surface area contributed by atoms with Gasteiger partial charge < -0.3 is 16.2 Å². The van der Waals surface area contributed by atoms with Crippen molar-refractivity contribution in [1.82, 2.24) is 0 Å². The molecule has 1 aromatic rings. The fourth-order valence-corrected chi connectivity index (χ4v) is 2.67. The summed E-state index contributed by atoms with van der Waals surface area (Å²) in [6, 6.07) is 4.46. The lowest BCUT2D eigenvalue weighted by Crippen LogP contribution is -2.43. The van der Waals surface area contributed by atoms with Crippen molar-refractivity contribution in [2.75, 3.05) is 17.7 Å². The van der Waals surface area contributed by atoms with Crippen molar-refractivity contribution in [3.05, 3.63) is 28.3 Å². The zero-order valence-corrected chi connectivity index (χ0v) is 10.8. The van der Waals surface area contributed by atoms with E-state index in [-0.39, 0.29) is 17.8 Å². The van der Waals surface area contributed by atoms with Crippen LogP contribution in [0.2, 0.25) is 0 Å². The number of hydrogen-bond acceptors (Lipinski definition) is 5. The highest BCUT2D eigenvalue weighted by molar-refractivity contribution is 5.62. The van der Waals surface area contributed by atoms with Crippen LogP contribution < -0.4 is 11.1 Å². The Bertz CT molecular complexity index is 470. The Morgan fingerprint density at radius 3 is 2.58 bits per heavy atom. The topological polar surface area (TPSA) is 101 Å². The minimum atomic E-state index is -0.464. The van der Waals surface area contributed by atoms with Gasteiger partial charge in [-0.25, -0.2) is 0 Å². The van der Waals surface area contributed by atoms with Crippen molar-refractivity contribution in [2.24, 2.45) is 0 Å². The monoisotopic (exact) mass is 265 g/mol. The summed E-state index contributed by atoms with van der Waals surface area (Å²) in [6.07, 6.45) is 5.01. The van der Waals surface area contributed by atoms with Crippen LogP contribution in [0.4, 0.5) is 17.1 Å². The molecular weight excluding hydrogens is 246 g/mol. The van der Waals surface area contributed by atoms with E-state index in [0.29, 0.717) is 11.4 Å². The molecule has 0 aliphatic heterocycles. The SMILES string of the molecule is Nc1cc(NC2(CO)CCCCC2)cc([N+](=O)[O-])c1. The zero-order valence-electron chi connectivity index (χ0n) is 10.8. The normalized spacial score (nSPS) is 17.9. The van der Waals surface area contributed by atoms with E-state index in [1.165, 1.54) is 18.6 Å². The van der Waals surface area contributed by atoms with Gasteiger partial charge in [0.05, 0.1) is 17.1 Å². The molecule has 0 unspecified atom stereocenters. The first-order valence-corrected chi connectivity index (χ1v) is 6.49. The molecule has 0 saturated heterocycles. The summed E-state index contributed by atoms with van der Waals surface area (Å²) in [4.78, 5) is 10.4. The van der Waals surface area contributed by atoms with E-state index in [2.05, 4.69) is 5.32 Å². The molecule has 0 bridgehead atoms. The quantitative estimate of drug-likeness (QED) is 0.440. The minimum Gasteiger partial charge on any atom is -0.398 e. The Morgan fingerprint density at radius 1 is 1.32 bits per heavy atom. The van der Waals surface area contributed by atoms with Crippen LogP contribution in [0.15, 0.2) is 18.2 Å². The number of anilines is 2. The maximum atomic E-state index is 10.8.